The Morgan fingerprint density at radius 2 is 0.550 bits per heavy atom. The fraction of sp³-hybridized carbons (Fsp3) is 0.944. The van der Waals surface area contributed by atoms with E-state index >= 15 is 0 Å². The third-order valence-corrected chi connectivity index (χ3v) is 8.97. The zero-order valence-corrected chi connectivity index (χ0v) is 27.3. The minimum absolute atomic E-state index is 0.298. The highest BCUT2D eigenvalue weighted by Gasteiger charge is 2.23. The molecule has 0 saturated carbocycles. The van der Waals surface area contributed by atoms with Gasteiger partial charge in [-0.1, -0.05) is 168 Å². The highest BCUT2D eigenvalue weighted by atomic mass is 16.2. The molecule has 0 spiro atoms. The van der Waals surface area contributed by atoms with E-state index in [0.717, 1.165) is 39.0 Å². The summed E-state index contributed by atoms with van der Waals surface area (Å²) in [4.78, 5) is 29.2. The van der Waals surface area contributed by atoms with Crippen molar-refractivity contribution >= 4 is 11.8 Å². The summed E-state index contributed by atoms with van der Waals surface area (Å²) in [6.45, 7) is 7.45. The van der Waals surface area contributed by atoms with Crippen LogP contribution in [-0.2, 0) is 9.59 Å². The number of hydrogen-bond acceptors (Lipinski definition) is 2. The molecular weight excluding hydrogens is 492 g/mol. The molecule has 1 rings (SSSR count). The molecule has 1 heterocycles. The average Bonchev–Trinajstić information content (AvgIpc) is 2.97. The molecule has 0 aromatic heterocycles. The Kier molecular flexibility index (Phi) is 25.9. The van der Waals surface area contributed by atoms with Crippen molar-refractivity contribution in [3.8, 4) is 0 Å². The molecule has 236 valence electrons. The summed E-state index contributed by atoms with van der Waals surface area (Å²) >= 11 is 0. The van der Waals surface area contributed by atoms with Crippen molar-refractivity contribution in [1.29, 1.82) is 0 Å². The molecule has 2 amide bonds. The molecule has 0 atom stereocenters. The van der Waals surface area contributed by atoms with Crippen LogP contribution in [0.3, 0.4) is 0 Å². The smallest absolute Gasteiger partial charge is 0.222 e. The molecule has 0 aromatic carbocycles. The van der Waals surface area contributed by atoms with Gasteiger partial charge in [0.05, 0.1) is 0 Å². The maximum atomic E-state index is 12.6. The summed E-state index contributed by atoms with van der Waals surface area (Å²) in [6, 6.07) is 0. The van der Waals surface area contributed by atoms with Gasteiger partial charge < -0.3 is 9.80 Å². The van der Waals surface area contributed by atoms with Gasteiger partial charge in [0.15, 0.2) is 0 Å². The highest BCUT2D eigenvalue weighted by molar-refractivity contribution is 5.78. The first-order valence-electron chi connectivity index (χ1n) is 18.2. The Hall–Kier alpha value is -1.06. The number of amides is 2. The number of rotatable bonds is 28. The van der Waals surface area contributed by atoms with Crippen molar-refractivity contribution in [1.82, 2.24) is 9.80 Å². The molecule has 1 saturated heterocycles. The Morgan fingerprint density at radius 1 is 0.350 bits per heavy atom. The van der Waals surface area contributed by atoms with E-state index < -0.39 is 0 Å². The number of nitrogens with zero attached hydrogens (tertiary/aromatic N) is 2. The van der Waals surface area contributed by atoms with Crippen molar-refractivity contribution in [2.24, 2.45) is 0 Å². The van der Waals surface area contributed by atoms with Gasteiger partial charge in [-0.05, 0) is 12.8 Å². The average molecular weight is 563 g/mol. The number of carbonyl (C=O) groups excluding carboxylic acids is 2. The van der Waals surface area contributed by atoms with Gasteiger partial charge in [0.25, 0.3) is 0 Å². The molecule has 4 nitrogen and oxygen atoms in total. The lowest BCUT2D eigenvalue weighted by atomic mass is 10.0. The fourth-order valence-corrected chi connectivity index (χ4v) is 6.11. The van der Waals surface area contributed by atoms with E-state index in [1.54, 1.807) is 0 Å². The largest absolute Gasteiger partial charge is 0.339 e. The van der Waals surface area contributed by atoms with Gasteiger partial charge >= 0.3 is 0 Å². The lowest BCUT2D eigenvalue weighted by Gasteiger charge is -2.35. The first kappa shape index (κ1) is 37.0. The van der Waals surface area contributed by atoms with Crippen molar-refractivity contribution in [3.63, 3.8) is 0 Å². The lowest BCUT2D eigenvalue weighted by molar-refractivity contribution is -0.139. The predicted molar refractivity (Wildman–Crippen MR) is 174 cm³/mol. The van der Waals surface area contributed by atoms with Gasteiger partial charge in [0.2, 0.25) is 11.8 Å². The maximum Gasteiger partial charge on any atom is 0.222 e. The lowest BCUT2D eigenvalue weighted by Crippen LogP contribution is -2.50. The zero-order chi connectivity index (χ0) is 28.9. The minimum atomic E-state index is 0.298. The first-order chi connectivity index (χ1) is 19.7. The molecule has 0 radical (unpaired) electrons. The van der Waals surface area contributed by atoms with E-state index in [1.807, 2.05) is 9.80 Å². The maximum absolute atomic E-state index is 12.6. The van der Waals surface area contributed by atoms with Gasteiger partial charge in [-0.2, -0.15) is 0 Å². The number of carbonyl (C=O) groups is 2. The molecule has 1 fully saturated rings. The van der Waals surface area contributed by atoms with Gasteiger partial charge in [-0.3, -0.25) is 9.59 Å². The van der Waals surface area contributed by atoms with Gasteiger partial charge in [0.1, 0.15) is 0 Å². The van der Waals surface area contributed by atoms with Gasteiger partial charge in [-0.15, -0.1) is 0 Å². The third kappa shape index (κ3) is 21.7. The molecule has 0 bridgehead atoms. The van der Waals surface area contributed by atoms with E-state index in [1.165, 1.54) is 154 Å². The molecule has 0 N–H and O–H groups in total. The number of unbranched alkanes of at least 4 members (excludes halogenated alkanes) is 24. The quantitative estimate of drug-likeness (QED) is 0.0890. The van der Waals surface area contributed by atoms with E-state index in [9.17, 15) is 9.59 Å². The van der Waals surface area contributed by atoms with Crippen molar-refractivity contribution < 1.29 is 9.59 Å². The summed E-state index contributed by atoms with van der Waals surface area (Å²) in [5.74, 6) is 0.596. The van der Waals surface area contributed by atoms with E-state index in [2.05, 4.69) is 13.8 Å². The number of hydrogen-bond donors (Lipinski definition) is 0. The minimum Gasteiger partial charge on any atom is -0.339 e. The Balaban J connectivity index is 1.89. The molecule has 1 aliphatic rings. The Morgan fingerprint density at radius 3 is 0.775 bits per heavy atom. The fourth-order valence-electron chi connectivity index (χ4n) is 6.11. The zero-order valence-electron chi connectivity index (χ0n) is 27.3. The molecule has 4 heteroatoms. The topological polar surface area (TPSA) is 40.6 Å². The third-order valence-electron chi connectivity index (χ3n) is 8.97. The summed E-state index contributed by atoms with van der Waals surface area (Å²) in [5.41, 5.74) is 0. The van der Waals surface area contributed by atoms with Crippen LogP contribution in [0.4, 0.5) is 0 Å². The number of piperazine rings is 1. The first-order valence-corrected chi connectivity index (χ1v) is 18.2. The SMILES string of the molecule is CCCCCCCCCCCCCCCC(=O)N1CCN(C(=O)CCCCCCCCCCCCCCC)CC1. The van der Waals surface area contributed by atoms with Crippen LogP contribution in [0.1, 0.15) is 194 Å². The standard InChI is InChI=1S/C36H70N2O2/c1-3-5-7-9-11-13-15-17-19-21-23-25-27-29-35(39)37-31-33-38(34-32-37)36(40)30-28-26-24-22-20-18-16-14-12-10-8-6-4-2/h3-34H2,1-2H3. The van der Waals surface area contributed by atoms with E-state index in [0.29, 0.717) is 24.7 Å². The van der Waals surface area contributed by atoms with Crippen molar-refractivity contribution in [2.45, 2.75) is 194 Å². The van der Waals surface area contributed by atoms with Crippen LogP contribution in [0.25, 0.3) is 0 Å². The van der Waals surface area contributed by atoms with E-state index in [-0.39, 0.29) is 0 Å². The Labute approximate surface area is 250 Å². The molecule has 0 aliphatic carbocycles. The molecule has 1 aliphatic heterocycles. The molecule has 0 unspecified atom stereocenters. The van der Waals surface area contributed by atoms with Gasteiger partial charge in [0, 0.05) is 39.0 Å². The van der Waals surface area contributed by atoms with Crippen LogP contribution in [0, 0.1) is 0 Å². The summed E-state index contributed by atoms with van der Waals surface area (Å²) in [7, 11) is 0. The monoisotopic (exact) mass is 563 g/mol. The molecular formula is C36H70N2O2. The second-order valence-electron chi connectivity index (χ2n) is 12.7. The second-order valence-corrected chi connectivity index (χ2v) is 12.7. The highest BCUT2D eigenvalue weighted by Crippen LogP contribution is 2.16. The second kappa shape index (κ2) is 28.1. The van der Waals surface area contributed by atoms with Crippen molar-refractivity contribution in [2.75, 3.05) is 26.2 Å². The van der Waals surface area contributed by atoms with Crippen LogP contribution < -0.4 is 0 Å². The normalized spacial score (nSPS) is 13.8. The molecule has 40 heavy (non-hydrogen) atoms. The van der Waals surface area contributed by atoms with Crippen LogP contribution in [0.2, 0.25) is 0 Å². The summed E-state index contributed by atoms with van der Waals surface area (Å²) in [5, 5.41) is 0. The predicted octanol–water partition coefficient (Wildman–Crippen LogP) is 10.6. The molecule has 0 aromatic rings. The summed E-state index contributed by atoms with van der Waals surface area (Å²) in [6.07, 6.45) is 36.1. The summed E-state index contributed by atoms with van der Waals surface area (Å²) < 4.78 is 0. The van der Waals surface area contributed by atoms with Crippen LogP contribution in [-0.4, -0.2) is 47.8 Å². The Bertz CT molecular complexity index is 521. The van der Waals surface area contributed by atoms with E-state index in [4.69, 9.17) is 0 Å². The van der Waals surface area contributed by atoms with Crippen molar-refractivity contribution in [3.05, 3.63) is 0 Å². The van der Waals surface area contributed by atoms with Crippen LogP contribution >= 0.6 is 0 Å². The van der Waals surface area contributed by atoms with Crippen LogP contribution in [0.5, 0.6) is 0 Å². The van der Waals surface area contributed by atoms with Crippen LogP contribution in [0.15, 0.2) is 0 Å². The van der Waals surface area contributed by atoms with Gasteiger partial charge in [-0.25, -0.2) is 0 Å².